The number of rotatable bonds is 3. The van der Waals surface area contributed by atoms with Gasteiger partial charge in [-0.05, 0) is 43.2 Å². The van der Waals surface area contributed by atoms with Crippen molar-refractivity contribution in [2.75, 3.05) is 0 Å². The summed E-state index contributed by atoms with van der Waals surface area (Å²) in [5.41, 5.74) is 4.96. The number of benzene rings is 1. The van der Waals surface area contributed by atoms with E-state index in [9.17, 15) is 4.39 Å². The molecular weight excluding hydrogens is 231 g/mol. The lowest BCUT2D eigenvalue weighted by molar-refractivity contribution is 0.594. The van der Waals surface area contributed by atoms with Crippen molar-refractivity contribution in [3.05, 3.63) is 58.9 Å². The van der Waals surface area contributed by atoms with Gasteiger partial charge in [0, 0.05) is 6.20 Å². The van der Waals surface area contributed by atoms with Crippen LogP contribution in [-0.4, -0.2) is 9.97 Å². The van der Waals surface area contributed by atoms with Crippen LogP contribution in [0, 0.1) is 19.7 Å². The third-order valence-corrected chi connectivity index (χ3v) is 2.66. The second-order valence-electron chi connectivity index (χ2n) is 4.19. The van der Waals surface area contributed by atoms with Crippen LogP contribution < -0.4 is 11.3 Å². The minimum absolute atomic E-state index is 0.281. The van der Waals surface area contributed by atoms with Gasteiger partial charge in [-0.3, -0.25) is 5.84 Å². The number of aromatic nitrogens is 2. The summed E-state index contributed by atoms with van der Waals surface area (Å²) in [6.07, 6.45) is 1.66. The molecule has 0 fully saturated rings. The van der Waals surface area contributed by atoms with Crippen LogP contribution in [0.25, 0.3) is 0 Å². The fourth-order valence-electron chi connectivity index (χ4n) is 1.92. The number of nitrogens with one attached hydrogen (secondary N) is 1. The van der Waals surface area contributed by atoms with E-state index in [2.05, 4.69) is 15.4 Å². The van der Waals surface area contributed by atoms with Crippen molar-refractivity contribution in [3.63, 3.8) is 0 Å². The Morgan fingerprint density at radius 3 is 2.67 bits per heavy atom. The van der Waals surface area contributed by atoms with Crippen molar-refractivity contribution < 1.29 is 4.39 Å². The number of aryl methyl sites for hydroxylation is 2. The topological polar surface area (TPSA) is 63.8 Å². The van der Waals surface area contributed by atoms with Crippen molar-refractivity contribution in [2.24, 2.45) is 5.84 Å². The smallest absolute Gasteiger partial charge is 0.125 e. The van der Waals surface area contributed by atoms with Crippen LogP contribution in [0.5, 0.6) is 0 Å². The molecule has 3 N–H and O–H groups in total. The first-order chi connectivity index (χ1) is 8.60. The average molecular weight is 246 g/mol. The van der Waals surface area contributed by atoms with E-state index in [1.165, 1.54) is 12.1 Å². The summed E-state index contributed by atoms with van der Waals surface area (Å²) in [5.74, 6) is 5.93. The van der Waals surface area contributed by atoms with Crippen molar-refractivity contribution in [1.82, 2.24) is 15.4 Å². The van der Waals surface area contributed by atoms with Crippen molar-refractivity contribution in [3.8, 4) is 0 Å². The van der Waals surface area contributed by atoms with Crippen LogP contribution >= 0.6 is 0 Å². The Balaban J connectivity index is 2.45. The van der Waals surface area contributed by atoms with E-state index in [1.807, 2.05) is 13.0 Å². The molecule has 18 heavy (non-hydrogen) atoms. The number of hydrogen-bond acceptors (Lipinski definition) is 4. The maximum absolute atomic E-state index is 13.4. The largest absolute Gasteiger partial charge is 0.271 e. The molecule has 0 radical (unpaired) electrons. The molecule has 5 heteroatoms. The Morgan fingerprint density at radius 1 is 1.28 bits per heavy atom. The number of hydrogen-bond donors (Lipinski definition) is 2. The second kappa shape index (κ2) is 5.20. The maximum Gasteiger partial charge on any atom is 0.125 e. The summed E-state index contributed by atoms with van der Waals surface area (Å²) >= 11 is 0. The molecule has 2 rings (SSSR count). The molecule has 0 bridgehead atoms. The number of hydrazine groups is 1. The third-order valence-electron chi connectivity index (χ3n) is 2.66. The first-order valence-corrected chi connectivity index (χ1v) is 5.63. The summed E-state index contributed by atoms with van der Waals surface area (Å²) in [4.78, 5) is 8.34. The van der Waals surface area contributed by atoms with Gasteiger partial charge in [-0.15, -0.1) is 0 Å². The molecule has 1 aromatic heterocycles. The normalized spacial score (nSPS) is 12.4. The highest BCUT2D eigenvalue weighted by Gasteiger charge is 2.15. The lowest BCUT2D eigenvalue weighted by atomic mass is 10.0. The van der Waals surface area contributed by atoms with E-state index in [0.29, 0.717) is 5.82 Å². The van der Waals surface area contributed by atoms with Crippen LogP contribution in [0.4, 0.5) is 4.39 Å². The quantitative estimate of drug-likeness (QED) is 0.640. The summed E-state index contributed by atoms with van der Waals surface area (Å²) in [6.45, 7) is 3.64. The monoisotopic (exact) mass is 246 g/mol. The van der Waals surface area contributed by atoms with E-state index in [1.54, 1.807) is 19.2 Å². The molecule has 1 unspecified atom stereocenters. The predicted molar refractivity (Wildman–Crippen MR) is 67.1 cm³/mol. The summed E-state index contributed by atoms with van der Waals surface area (Å²) in [7, 11) is 0. The summed E-state index contributed by atoms with van der Waals surface area (Å²) in [6, 6.07) is 6.22. The van der Waals surface area contributed by atoms with Crippen LogP contribution in [0.15, 0.2) is 30.5 Å². The van der Waals surface area contributed by atoms with Gasteiger partial charge in [0.2, 0.25) is 0 Å². The molecule has 1 atom stereocenters. The molecule has 1 heterocycles. The zero-order valence-electron chi connectivity index (χ0n) is 10.3. The van der Waals surface area contributed by atoms with E-state index in [-0.39, 0.29) is 11.9 Å². The average Bonchev–Trinajstić information content (AvgIpc) is 2.28. The van der Waals surface area contributed by atoms with Gasteiger partial charge in [0.15, 0.2) is 0 Å². The Bertz CT molecular complexity index is 536. The van der Waals surface area contributed by atoms with Gasteiger partial charge in [-0.1, -0.05) is 6.07 Å². The van der Waals surface area contributed by atoms with Crippen LogP contribution in [0.3, 0.4) is 0 Å². The molecule has 94 valence electrons. The lowest BCUT2D eigenvalue weighted by Crippen LogP contribution is -2.29. The van der Waals surface area contributed by atoms with Gasteiger partial charge in [0.05, 0.1) is 11.7 Å². The Morgan fingerprint density at radius 2 is 2.06 bits per heavy atom. The van der Waals surface area contributed by atoms with Crippen molar-refractivity contribution in [2.45, 2.75) is 19.9 Å². The molecular formula is C13H15FN4. The van der Waals surface area contributed by atoms with Gasteiger partial charge in [-0.25, -0.2) is 19.8 Å². The first kappa shape index (κ1) is 12.6. The molecule has 0 aliphatic heterocycles. The maximum atomic E-state index is 13.4. The zero-order valence-corrected chi connectivity index (χ0v) is 10.3. The van der Waals surface area contributed by atoms with Gasteiger partial charge >= 0.3 is 0 Å². The van der Waals surface area contributed by atoms with Crippen LogP contribution in [0.1, 0.15) is 28.7 Å². The number of nitrogens with two attached hydrogens (primary N) is 1. The molecule has 0 saturated heterocycles. The fraction of sp³-hybridized carbons (Fsp3) is 0.231. The van der Waals surface area contributed by atoms with Crippen LogP contribution in [-0.2, 0) is 0 Å². The number of nitrogens with zero attached hydrogens (tertiary/aromatic N) is 2. The minimum atomic E-state index is -0.346. The summed E-state index contributed by atoms with van der Waals surface area (Å²) in [5, 5.41) is 0. The van der Waals surface area contributed by atoms with Crippen LogP contribution in [0.2, 0.25) is 0 Å². The van der Waals surface area contributed by atoms with E-state index in [0.717, 1.165) is 16.8 Å². The highest BCUT2D eigenvalue weighted by Crippen LogP contribution is 2.21. The minimum Gasteiger partial charge on any atom is -0.271 e. The van der Waals surface area contributed by atoms with E-state index >= 15 is 0 Å². The van der Waals surface area contributed by atoms with Gasteiger partial charge in [0.1, 0.15) is 11.6 Å². The third kappa shape index (κ3) is 2.69. The fourth-order valence-corrected chi connectivity index (χ4v) is 1.92. The molecule has 0 aliphatic carbocycles. The predicted octanol–water partition coefficient (Wildman–Crippen LogP) is 1.79. The number of halogens is 1. The van der Waals surface area contributed by atoms with Gasteiger partial charge in [-0.2, -0.15) is 0 Å². The van der Waals surface area contributed by atoms with Crippen molar-refractivity contribution in [1.29, 1.82) is 0 Å². The Kier molecular flexibility index (Phi) is 3.64. The standard InChI is InChI=1S/C13H15FN4/c1-8-5-10(7-11(14)6-8)13(18-15)12-3-4-16-9(2)17-12/h3-7,13,18H,15H2,1-2H3. The van der Waals surface area contributed by atoms with E-state index < -0.39 is 0 Å². The molecule has 2 aromatic rings. The molecule has 0 saturated carbocycles. The molecule has 4 nitrogen and oxygen atoms in total. The molecule has 1 aromatic carbocycles. The lowest BCUT2D eigenvalue weighted by Gasteiger charge is -2.16. The Labute approximate surface area is 105 Å². The van der Waals surface area contributed by atoms with E-state index in [4.69, 9.17) is 5.84 Å². The molecule has 0 amide bonds. The zero-order chi connectivity index (χ0) is 13.1. The highest BCUT2D eigenvalue weighted by molar-refractivity contribution is 5.31. The summed E-state index contributed by atoms with van der Waals surface area (Å²) < 4.78 is 13.4. The second-order valence-corrected chi connectivity index (χ2v) is 4.19. The highest BCUT2D eigenvalue weighted by atomic mass is 19.1. The van der Waals surface area contributed by atoms with Crippen molar-refractivity contribution >= 4 is 0 Å². The molecule has 0 aliphatic rings. The SMILES string of the molecule is Cc1cc(F)cc(C(NN)c2ccnc(C)n2)c1. The Hall–Kier alpha value is -1.85. The first-order valence-electron chi connectivity index (χ1n) is 5.63. The van der Waals surface area contributed by atoms with Gasteiger partial charge in [0.25, 0.3) is 0 Å². The van der Waals surface area contributed by atoms with Gasteiger partial charge < -0.3 is 0 Å². The molecule has 0 spiro atoms.